The van der Waals surface area contributed by atoms with Crippen molar-refractivity contribution in [3.63, 3.8) is 0 Å². The molecule has 104 valence electrons. The minimum Gasteiger partial charge on any atom is -0.336 e. The summed E-state index contributed by atoms with van der Waals surface area (Å²) in [6.45, 7) is 5.75. The lowest BCUT2D eigenvalue weighted by atomic mass is 10.0. The van der Waals surface area contributed by atoms with Gasteiger partial charge in [0.25, 0.3) is 5.91 Å². The van der Waals surface area contributed by atoms with E-state index in [2.05, 4.69) is 26.0 Å². The van der Waals surface area contributed by atoms with E-state index in [1.54, 1.807) is 0 Å². The number of amides is 1. The zero-order valence-corrected chi connectivity index (χ0v) is 11.9. The molecule has 0 atom stereocenters. The Morgan fingerprint density at radius 2 is 1.95 bits per heavy atom. The fraction of sp³-hybridized carbons (Fsp3) is 0.562. The minimum atomic E-state index is 0.159. The Morgan fingerprint density at radius 1 is 1.32 bits per heavy atom. The van der Waals surface area contributed by atoms with Gasteiger partial charge in [-0.25, -0.2) is 0 Å². The number of hydrogen-bond donors (Lipinski definition) is 1. The van der Waals surface area contributed by atoms with Crippen LogP contribution < -0.4 is 5.73 Å². The highest BCUT2D eigenvalue weighted by atomic mass is 16.2. The van der Waals surface area contributed by atoms with Crippen LogP contribution in [0.5, 0.6) is 0 Å². The summed E-state index contributed by atoms with van der Waals surface area (Å²) < 4.78 is 0. The summed E-state index contributed by atoms with van der Waals surface area (Å²) in [6.07, 6.45) is 3.16. The topological polar surface area (TPSA) is 46.3 Å². The summed E-state index contributed by atoms with van der Waals surface area (Å²) in [5.41, 5.74) is 7.63. The van der Waals surface area contributed by atoms with Gasteiger partial charge in [0, 0.05) is 18.2 Å². The zero-order chi connectivity index (χ0) is 13.8. The molecule has 0 aromatic heterocycles. The van der Waals surface area contributed by atoms with Crippen LogP contribution in [0.15, 0.2) is 24.3 Å². The fourth-order valence-electron chi connectivity index (χ4n) is 2.27. The van der Waals surface area contributed by atoms with Gasteiger partial charge in [0.1, 0.15) is 0 Å². The lowest BCUT2D eigenvalue weighted by Crippen LogP contribution is -2.34. The van der Waals surface area contributed by atoms with Gasteiger partial charge in [-0.1, -0.05) is 26.0 Å². The van der Waals surface area contributed by atoms with Crippen LogP contribution in [0, 0.1) is 0 Å². The van der Waals surface area contributed by atoms with Crippen molar-refractivity contribution in [1.29, 1.82) is 0 Å². The highest BCUT2D eigenvalue weighted by molar-refractivity contribution is 5.94. The molecule has 0 aliphatic heterocycles. The van der Waals surface area contributed by atoms with Gasteiger partial charge in [-0.15, -0.1) is 0 Å². The van der Waals surface area contributed by atoms with E-state index in [9.17, 15) is 4.79 Å². The van der Waals surface area contributed by atoms with E-state index in [0.717, 1.165) is 31.4 Å². The highest BCUT2D eigenvalue weighted by Gasteiger charge is 2.32. The van der Waals surface area contributed by atoms with Crippen LogP contribution in [-0.4, -0.2) is 29.9 Å². The first-order valence-corrected chi connectivity index (χ1v) is 7.24. The molecule has 1 fully saturated rings. The Bertz CT molecular complexity index is 421. The van der Waals surface area contributed by atoms with E-state index in [1.807, 2.05) is 17.0 Å². The first kappa shape index (κ1) is 14.1. The van der Waals surface area contributed by atoms with Crippen LogP contribution in [0.2, 0.25) is 0 Å². The molecule has 2 rings (SSSR count). The first-order valence-electron chi connectivity index (χ1n) is 7.24. The van der Waals surface area contributed by atoms with Crippen molar-refractivity contribution in [2.75, 3.05) is 13.1 Å². The van der Waals surface area contributed by atoms with E-state index in [1.165, 1.54) is 5.56 Å². The maximum atomic E-state index is 12.5. The summed E-state index contributed by atoms with van der Waals surface area (Å²) in [4.78, 5) is 14.5. The predicted molar refractivity (Wildman–Crippen MR) is 78.3 cm³/mol. The van der Waals surface area contributed by atoms with Crippen molar-refractivity contribution >= 4 is 5.91 Å². The van der Waals surface area contributed by atoms with Gasteiger partial charge < -0.3 is 10.6 Å². The molecule has 1 saturated carbocycles. The SMILES string of the molecule is CC(C)c1ccc(C(=O)N(CCCN)C2CC2)cc1. The van der Waals surface area contributed by atoms with Crippen LogP contribution in [0.1, 0.15) is 54.9 Å². The molecule has 0 spiro atoms. The molecule has 19 heavy (non-hydrogen) atoms. The maximum absolute atomic E-state index is 12.5. The number of hydrogen-bond acceptors (Lipinski definition) is 2. The maximum Gasteiger partial charge on any atom is 0.254 e. The monoisotopic (exact) mass is 260 g/mol. The van der Waals surface area contributed by atoms with Crippen LogP contribution in [-0.2, 0) is 0 Å². The Kier molecular flexibility index (Phi) is 4.59. The molecule has 0 radical (unpaired) electrons. The molecule has 1 aliphatic rings. The molecular weight excluding hydrogens is 236 g/mol. The molecule has 0 bridgehead atoms. The van der Waals surface area contributed by atoms with Gasteiger partial charge >= 0.3 is 0 Å². The third-order valence-electron chi connectivity index (χ3n) is 3.68. The highest BCUT2D eigenvalue weighted by Crippen LogP contribution is 2.28. The zero-order valence-electron chi connectivity index (χ0n) is 11.9. The van der Waals surface area contributed by atoms with Gasteiger partial charge in [-0.2, -0.15) is 0 Å². The second-order valence-corrected chi connectivity index (χ2v) is 5.65. The average Bonchev–Trinajstić information content (AvgIpc) is 3.23. The van der Waals surface area contributed by atoms with Gasteiger partial charge in [0.05, 0.1) is 0 Å². The number of benzene rings is 1. The van der Waals surface area contributed by atoms with Gasteiger partial charge in [-0.3, -0.25) is 4.79 Å². The molecule has 0 heterocycles. The van der Waals surface area contributed by atoms with Crippen molar-refractivity contribution in [3.8, 4) is 0 Å². The predicted octanol–water partition coefficient (Wildman–Crippen LogP) is 2.76. The summed E-state index contributed by atoms with van der Waals surface area (Å²) in [7, 11) is 0. The third-order valence-corrected chi connectivity index (χ3v) is 3.68. The van der Waals surface area contributed by atoms with E-state index >= 15 is 0 Å². The molecule has 3 nitrogen and oxygen atoms in total. The van der Waals surface area contributed by atoms with E-state index in [4.69, 9.17) is 5.73 Å². The number of carbonyl (C=O) groups excluding carboxylic acids is 1. The number of rotatable bonds is 6. The summed E-state index contributed by atoms with van der Waals surface area (Å²) in [5.74, 6) is 0.659. The molecule has 0 unspecified atom stereocenters. The van der Waals surface area contributed by atoms with Crippen molar-refractivity contribution < 1.29 is 4.79 Å². The third kappa shape index (κ3) is 3.57. The summed E-state index contributed by atoms with van der Waals surface area (Å²) in [6, 6.07) is 8.48. The molecule has 1 aliphatic carbocycles. The standard InChI is InChI=1S/C16H24N2O/c1-12(2)13-4-6-14(7-5-13)16(19)18(11-3-10-17)15-8-9-15/h4-7,12,15H,3,8-11,17H2,1-2H3. The average molecular weight is 260 g/mol. The van der Waals surface area contributed by atoms with Crippen LogP contribution in [0.3, 0.4) is 0 Å². The molecule has 3 heteroatoms. The van der Waals surface area contributed by atoms with Crippen LogP contribution in [0.25, 0.3) is 0 Å². The molecule has 1 amide bonds. The van der Waals surface area contributed by atoms with Crippen LogP contribution >= 0.6 is 0 Å². The summed E-state index contributed by atoms with van der Waals surface area (Å²) >= 11 is 0. The van der Waals surface area contributed by atoms with Crippen molar-refractivity contribution in [1.82, 2.24) is 4.90 Å². The second kappa shape index (κ2) is 6.20. The van der Waals surface area contributed by atoms with E-state index in [-0.39, 0.29) is 5.91 Å². The lowest BCUT2D eigenvalue weighted by molar-refractivity contribution is 0.0742. The van der Waals surface area contributed by atoms with Crippen molar-refractivity contribution in [2.24, 2.45) is 5.73 Å². The molecule has 0 saturated heterocycles. The van der Waals surface area contributed by atoms with Crippen LogP contribution in [0.4, 0.5) is 0 Å². The number of carbonyl (C=O) groups is 1. The minimum absolute atomic E-state index is 0.159. The van der Waals surface area contributed by atoms with Gasteiger partial charge in [-0.05, 0) is 49.4 Å². The van der Waals surface area contributed by atoms with Gasteiger partial charge in [0.2, 0.25) is 0 Å². The molecule has 1 aromatic rings. The lowest BCUT2D eigenvalue weighted by Gasteiger charge is -2.22. The molecule has 2 N–H and O–H groups in total. The van der Waals surface area contributed by atoms with Crippen molar-refractivity contribution in [3.05, 3.63) is 35.4 Å². The normalized spacial score (nSPS) is 14.7. The summed E-state index contributed by atoms with van der Waals surface area (Å²) in [5, 5.41) is 0. The Balaban J connectivity index is 2.07. The first-order chi connectivity index (χ1) is 9.13. The Labute approximate surface area is 115 Å². The molecule has 1 aromatic carbocycles. The number of nitrogens with zero attached hydrogens (tertiary/aromatic N) is 1. The smallest absolute Gasteiger partial charge is 0.254 e. The van der Waals surface area contributed by atoms with E-state index in [0.29, 0.717) is 18.5 Å². The second-order valence-electron chi connectivity index (χ2n) is 5.65. The Hall–Kier alpha value is -1.35. The number of nitrogens with two attached hydrogens (primary N) is 1. The quantitative estimate of drug-likeness (QED) is 0.855. The van der Waals surface area contributed by atoms with E-state index < -0.39 is 0 Å². The van der Waals surface area contributed by atoms with Crippen molar-refractivity contribution in [2.45, 2.75) is 45.1 Å². The molecular formula is C16H24N2O. The van der Waals surface area contributed by atoms with Gasteiger partial charge in [0.15, 0.2) is 0 Å². The fourth-order valence-corrected chi connectivity index (χ4v) is 2.27. The Morgan fingerprint density at radius 3 is 2.42 bits per heavy atom. The largest absolute Gasteiger partial charge is 0.336 e.